The molecule has 1 unspecified atom stereocenters. The van der Waals surface area contributed by atoms with Crippen molar-refractivity contribution in [3.63, 3.8) is 0 Å². The van der Waals surface area contributed by atoms with Crippen molar-refractivity contribution in [3.8, 4) is 0 Å². The summed E-state index contributed by atoms with van der Waals surface area (Å²) in [5.74, 6) is 0. The predicted octanol–water partition coefficient (Wildman–Crippen LogP) is 2.06. The van der Waals surface area contributed by atoms with E-state index in [2.05, 4.69) is 39.1 Å². The monoisotopic (exact) mass is 366 g/mol. The van der Waals surface area contributed by atoms with Gasteiger partial charge in [0.1, 0.15) is 6.10 Å². The molecule has 0 saturated heterocycles. The third-order valence-electron chi connectivity index (χ3n) is 5.21. The van der Waals surface area contributed by atoms with Crippen molar-refractivity contribution in [3.05, 3.63) is 65.0 Å². The molecule has 0 amide bonds. The molecule has 1 atom stereocenters. The molecule has 0 aromatic carbocycles. The van der Waals surface area contributed by atoms with Gasteiger partial charge in [0.05, 0.1) is 22.8 Å². The predicted molar refractivity (Wildman–Crippen MR) is 102 cm³/mol. The number of hydrogen-bond acceptors (Lipinski definition) is 5. The second-order valence-corrected chi connectivity index (χ2v) is 7.14. The molecule has 0 fully saturated rings. The van der Waals surface area contributed by atoms with Gasteiger partial charge in [-0.3, -0.25) is 19.2 Å². The zero-order valence-corrected chi connectivity index (χ0v) is 15.9. The fraction of sp³-hybridized carbons (Fsp3) is 0.450. The van der Waals surface area contributed by atoms with Crippen molar-refractivity contribution in [1.29, 1.82) is 0 Å². The first kappa shape index (κ1) is 17.9. The van der Waals surface area contributed by atoms with E-state index < -0.39 is 6.10 Å². The average molecular weight is 366 g/mol. The van der Waals surface area contributed by atoms with Crippen molar-refractivity contribution in [2.45, 2.75) is 45.5 Å². The Balaban J connectivity index is 1.50. The van der Waals surface area contributed by atoms with Crippen molar-refractivity contribution in [2.75, 3.05) is 6.54 Å². The summed E-state index contributed by atoms with van der Waals surface area (Å²) in [6.07, 6.45) is 4.95. The summed E-state index contributed by atoms with van der Waals surface area (Å²) >= 11 is 0. The van der Waals surface area contributed by atoms with Crippen LogP contribution in [0, 0.1) is 0 Å². The fourth-order valence-electron chi connectivity index (χ4n) is 3.61. The highest BCUT2D eigenvalue weighted by Gasteiger charge is 2.22. The molecule has 27 heavy (non-hydrogen) atoms. The van der Waals surface area contributed by atoms with E-state index in [0.29, 0.717) is 5.69 Å². The van der Waals surface area contributed by atoms with Gasteiger partial charge in [0, 0.05) is 45.6 Å². The van der Waals surface area contributed by atoms with Gasteiger partial charge in [-0.25, -0.2) is 0 Å². The van der Waals surface area contributed by atoms with Gasteiger partial charge in [-0.05, 0) is 36.6 Å². The Morgan fingerprint density at radius 2 is 2.11 bits per heavy atom. The van der Waals surface area contributed by atoms with Crippen LogP contribution in [0.2, 0.25) is 0 Å². The molecule has 3 aromatic rings. The Hall–Kier alpha value is -2.51. The summed E-state index contributed by atoms with van der Waals surface area (Å²) in [6, 6.07) is 8.13. The van der Waals surface area contributed by atoms with Crippen LogP contribution in [0.15, 0.2) is 36.7 Å². The molecular formula is C20H26N6O. The number of rotatable bonds is 5. The fourth-order valence-corrected chi connectivity index (χ4v) is 3.61. The lowest BCUT2D eigenvalue weighted by molar-refractivity contribution is 0.203. The highest BCUT2D eigenvalue weighted by Crippen LogP contribution is 2.23. The van der Waals surface area contributed by atoms with Gasteiger partial charge in [-0.2, -0.15) is 10.2 Å². The first-order chi connectivity index (χ1) is 13.1. The van der Waals surface area contributed by atoms with E-state index in [9.17, 15) is 5.11 Å². The van der Waals surface area contributed by atoms with Gasteiger partial charge in [0.25, 0.3) is 0 Å². The maximum atomic E-state index is 10.7. The summed E-state index contributed by atoms with van der Waals surface area (Å²) in [5.41, 5.74) is 4.92. The first-order valence-corrected chi connectivity index (χ1v) is 9.52. The summed E-state index contributed by atoms with van der Waals surface area (Å²) in [6.45, 7) is 5.66. The molecule has 3 aromatic heterocycles. The lowest BCUT2D eigenvalue weighted by Crippen LogP contribution is -2.23. The number of aliphatic hydroxyl groups excluding tert-OH is 1. The van der Waals surface area contributed by atoms with E-state index in [0.717, 1.165) is 56.1 Å². The van der Waals surface area contributed by atoms with Gasteiger partial charge < -0.3 is 5.11 Å². The van der Waals surface area contributed by atoms with Gasteiger partial charge in [-0.15, -0.1) is 0 Å². The van der Waals surface area contributed by atoms with Gasteiger partial charge >= 0.3 is 0 Å². The molecule has 4 rings (SSSR count). The lowest BCUT2D eigenvalue weighted by Gasteiger charge is -2.19. The Labute approximate surface area is 159 Å². The van der Waals surface area contributed by atoms with Crippen molar-refractivity contribution in [2.24, 2.45) is 7.05 Å². The molecule has 1 aliphatic rings. The van der Waals surface area contributed by atoms with Crippen LogP contribution in [-0.2, 0) is 33.1 Å². The second kappa shape index (κ2) is 7.62. The van der Waals surface area contributed by atoms with Crippen molar-refractivity contribution >= 4 is 0 Å². The highest BCUT2D eigenvalue weighted by molar-refractivity contribution is 5.22. The summed E-state index contributed by atoms with van der Waals surface area (Å²) in [5, 5.41) is 19.5. The molecule has 1 aliphatic heterocycles. The first-order valence-electron chi connectivity index (χ1n) is 9.52. The number of fused-ring (bicyclic) bond motifs is 1. The molecule has 1 N–H and O–H groups in total. The average Bonchev–Trinajstić information content (AvgIpc) is 3.23. The maximum absolute atomic E-state index is 10.7. The summed E-state index contributed by atoms with van der Waals surface area (Å²) in [4.78, 5) is 6.99. The minimum Gasteiger partial charge on any atom is -0.380 e. The number of aryl methyl sites for hydroxylation is 3. The molecule has 4 heterocycles. The molecule has 0 radical (unpaired) electrons. The quantitative estimate of drug-likeness (QED) is 0.748. The van der Waals surface area contributed by atoms with E-state index in [1.165, 1.54) is 5.56 Å². The van der Waals surface area contributed by atoms with Crippen molar-refractivity contribution in [1.82, 2.24) is 29.4 Å². The van der Waals surface area contributed by atoms with E-state index in [4.69, 9.17) is 0 Å². The van der Waals surface area contributed by atoms with Crippen LogP contribution in [0.4, 0.5) is 0 Å². The maximum Gasteiger partial charge on any atom is 0.139 e. The normalized spacial score (nSPS) is 16.1. The zero-order valence-electron chi connectivity index (χ0n) is 15.9. The van der Waals surface area contributed by atoms with Crippen LogP contribution in [0.3, 0.4) is 0 Å². The summed E-state index contributed by atoms with van der Waals surface area (Å²) in [7, 11) is 1.83. The van der Waals surface area contributed by atoms with E-state index in [1.807, 2.05) is 30.1 Å². The standard InChI is InChI=1S/C20H26N6O/c1-3-15-5-6-16(21-12-15)13-25-9-4-10-26-17(14-25)11-18(23-26)20(27)19-7-8-22-24(19)2/h5-8,11-12,20,27H,3-4,9-10,13-14H2,1-2H3. The Bertz CT molecular complexity index is 898. The minimum absolute atomic E-state index is 0.681. The van der Waals surface area contributed by atoms with Crippen LogP contribution in [-0.4, -0.2) is 41.1 Å². The van der Waals surface area contributed by atoms with Gasteiger partial charge in [0.15, 0.2) is 0 Å². The SMILES string of the molecule is CCc1ccc(CN2CCCn3nc(C(O)c4ccnn4C)cc3C2)nc1. The molecule has 7 heteroatoms. The largest absolute Gasteiger partial charge is 0.380 e. The minimum atomic E-state index is -0.756. The Morgan fingerprint density at radius 3 is 2.81 bits per heavy atom. The number of hydrogen-bond donors (Lipinski definition) is 1. The molecule has 0 aliphatic carbocycles. The van der Waals surface area contributed by atoms with E-state index in [1.54, 1.807) is 10.9 Å². The van der Waals surface area contributed by atoms with Gasteiger partial charge in [-0.1, -0.05) is 13.0 Å². The van der Waals surface area contributed by atoms with Crippen LogP contribution < -0.4 is 0 Å². The third-order valence-corrected chi connectivity index (χ3v) is 5.21. The van der Waals surface area contributed by atoms with Crippen LogP contribution in [0.5, 0.6) is 0 Å². The van der Waals surface area contributed by atoms with Gasteiger partial charge in [0.2, 0.25) is 0 Å². The molecule has 0 saturated carbocycles. The topological polar surface area (TPSA) is 72.0 Å². The molecule has 0 spiro atoms. The van der Waals surface area contributed by atoms with E-state index in [-0.39, 0.29) is 0 Å². The van der Waals surface area contributed by atoms with Crippen LogP contribution in [0.25, 0.3) is 0 Å². The highest BCUT2D eigenvalue weighted by atomic mass is 16.3. The Kier molecular flexibility index (Phi) is 5.05. The summed E-state index contributed by atoms with van der Waals surface area (Å²) < 4.78 is 3.72. The van der Waals surface area contributed by atoms with Crippen LogP contribution in [0.1, 0.15) is 47.8 Å². The number of aromatic nitrogens is 5. The molecule has 7 nitrogen and oxygen atoms in total. The molecular weight excluding hydrogens is 340 g/mol. The smallest absolute Gasteiger partial charge is 0.139 e. The Morgan fingerprint density at radius 1 is 1.22 bits per heavy atom. The number of nitrogens with zero attached hydrogens (tertiary/aromatic N) is 6. The zero-order chi connectivity index (χ0) is 18.8. The second-order valence-electron chi connectivity index (χ2n) is 7.14. The number of pyridine rings is 1. The van der Waals surface area contributed by atoms with Crippen molar-refractivity contribution < 1.29 is 5.11 Å². The van der Waals surface area contributed by atoms with Crippen LogP contribution >= 0.6 is 0 Å². The lowest BCUT2D eigenvalue weighted by atomic mass is 10.1. The van der Waals surface area contributed by atoms with E-state index >= 15 is 0 Å². The number of aliphatic hydroxyl groups is 1. The molecule has 142 valence electrons. The molecule has 0 bridgehead atoms. The third kappa shape index (κ3) is 3.79.